The summed E-state index contributed by atoms with van der Waals surface area (Å²) < 4.78 is 5.33. The van der Waals surface area contributed by atoms with E-state index in [4.69, 9.17) is 4.74 Å². The van der Waals surface area contributed by atoms with Gasteiger partial charge in [-0.2, -0.15) is 0 Å². The van der Waals surface area contributed by atoms with Crippen molar-refractivity contribution in [3.05, 3.63) is 95.6 Å². The molecule has 3 amide bonds. The van der Waals surface area contributed by atoms with Crippen LogP contribution in [0.4, 0.5) is 4.79 Å². The van der Waals surface area contributed by atoms with Crippen LogP contribution in [0.5, 0.6) is 0 Å². The van der Waals surface area contributed by atoms with Crippen molar-refractivity contribution in [3.63, 3.8) is 0 Å². The summed E-state index contributed by atoms with van der Waals surface area (Å²) in [5, 5.41) is 12.2. The molecule has 0 heterocycles. The van der Waals surface area contributed by atoms with E-state index in [-0.39, 0.29) is 31.3 Å². The van der Waals surface area contributed by atoms with Crippen LogP contribution >= 0.6 is 0 Å². The summed E-state index contributed by atoms with van der Waals surface area (Å²) in [5.41, 5.74) is 1.54. The maximum atomic E-state index is 13.5. The molecule has 0 aliphatic carbocycles. The molecule has 0 aliphatic rings. The summed E-state index contributed by atoms with van der Waals surface area (Å²) in [6.45, 7) is 7.50. The first-order valence-electron chi connectivity index (χ1n) is 14.1. The Balaban J connectivity index is 1.52. The first kappa shape index (κ1) is 30.2. The number of alkyl carbamates (subject to hydrolysis) is 1. The molecule has 0 aromatic heterocycles. The Bertz CT molecular complexity index is 1600. The number of amides is 3. The normalized spacial score (nSPS) is 12.8. The van der Waals surface area contributed by atoms with E-state index in [1.807, 2.05) is 73.7 Å². The smallest absolute Gasteiger partial charge is 0.407 e. The van der Waals surface area contributed by atoms with Gasteiger partial charge in [0.1, 0.15) is 17.9 Å². The standard InChI is InChI=1S/C34H37N3O5/c1-22(25-16-9-12-23-11-5-6-13-26(23)25)36-32(40)30(17-10-20-38)37-31(39)29-19-18-24(27-14-7-8-15-28(27)29)21-35-33(41)42-34(2,3)4/h5-9,11-16,18-20,22,30H,10,17,21H2,1-4H3,(H,35,41)(H,36,40)(H,37,39)/t22-,30+/m1/s1. The maximum absolute atomic E-state index is 13.5. The third-order valence-corrected chi connectivity index (χ3v) is 6.92. The van der Waals surface area contributed by atoms with E-state index >= 15 is 0 Å². The van der Waals surface area contributed by atoms with E-state index in [9.17, 15) is 19.2 Å². The number of ether oxygens (including phenoxy) is 1. The number of fused-ring (bicyclic) bond motifs is 2. The monoisotopic (exact) mass is 567 g/mol. The zero-order valence-corrected chi connectivity index (χ0v) is 24.4. The zero-order chi connectivity index (χ0) is 30.3. The van der Waals surface area contributed by atoms with Gasteiger partial charge >= 0.3 is 6.09 Å². The van der Waals surface area contributed by atoms with Crippen LogP contribution in [0.25, 0.3) is 21.5 Å². The minimum absolute atomic E-state index is 0.122. The van der Waals surface area contributed by atoms with Crippen molar-refractivity contribution in [1.82, 2.24) is 16.0 Å². The minimum atomic E-state index is -0.910. The molecule has 4 aromatic carbocycles. The number of hydrogen-bond acceptors (Lipinski definition) is 5. The highest BCUT2D eigenvalue weighted by molar-refractivity contribution is 6.09. The van der Waals surface area contributed by atoms with Crippen molar-refractivity contribution in [2.24, 2.45) is 0 Å². The molecule has 8 nitrogen and oxygen atoms in total. The molecule has 4 rings (SSSR count). The Kier molecular flexibility index (Phi) is 9.57. The average Bonchev–Trinajstić information content (AvgIpc) is 2.96. The van der Waals surface area contributed by atoms with E-state index < -0.39 is 23.6 Å². The Morgan fingerprint density at radius 3 is 2.21 bits per heavy atom. The summed E-state index contributed by atoms with van der Waals surface area (Å²) in [5.74, 6) is -0.796. The van der Waals surface area contributed by atoms with Gasteiger partial charge in [-0.1, -0.05) is 72.8 Å². The lowest BCUT2D eigenvalue weighted by Crippen LogP contribution is -2.47. The van der Waals surface area contributed by atoms with Gasteiger partial charge in [0.15, 0.2) is 0 Å². The van der Waals surface area contributed by atoms with Crippen LogP contribution in [0.3, 0.4) is 0 Å². The lowest BCUT2D eigenvalue weighted by molar-refractivity contribution is -0.123. The quantitative estimate of drug-likeness (QED) is 0.204. The molecule has 0 unspecified atom stereocenters. The highest BCUT2D eigenvalue weighted by Crippen LogP contribution is 2.25. The minimum Gasteiger partial charge on any atom is -0.444 e. The number of carbonyl (C=O) groups is 4. The molecule has 3 N–H and O–H groups in total. The lowest BCUT2D eigenvalue weighted by atomic mass is 9.98. The molecule has 0 aliphatic heterocycles. The van der Waals surface area contributed by atoms with Gasteiger partial charge in [-0.25, -0.2) is 4.79 Å². The summed E-state index contributed by atoms with van der Waals surface area (Å²) in [6, 6.07) is 23.5. The van der Waals surface area contributed by atoms with Gasteiger partial charge in [0.05, 0.1) is 6.04 Å². The summed E-state index contributed by atoms with van der Waals surface area (Å²) in [7, 11) is 0. The fourth-order valence-corrected chi connectivity index (χ4v) is 4.95. The zero-order valence-electron chi connectivity index (χ0n) is 24.4. The largest absolute Gasteiger partial charge is 0.444 e. The van der Waals surface area contributed by atoms with Crippen LogP contribution in [0.15, 0.2) is 78.9 Å². The number of aldehydes is 1. The van der Waals surface area contributed by atoms with Crippen molar-refractivity contribution in [3.8, 4) is 0 Å². The van der Waals surface area contributed by atoms with E-state index in [1.165, 1.54) is 0 Å². The molecule has 4 aromatic rings. The van der Waals surface area contributed by atoms with Crippen molar-refractivity contribution in [2.45, 2.75) is 64.8 Å². The molecular formula is C34H37N3O5. The molecule has 0 fully saturated rings. The number of nitrogens with one attached hydrogen (secondary N) is 3. The first-order valence-corrected chi connectivity index (χ1v) is 14.1. The third kappa shape index (κ3) is 7.51. The third-order valence-electron chi connectivity index (χ3n) is 6.92. The van der Waals surface area contributed by atoms with Gasteiger partial charge in [-0.3, -0.25) is 9.59 Å². The lowest BCUT2D eigenvalue weighted by Gasteiger charge is -2.22. The number of rotatable bonds is 10. The number of hydrogen-bond donors (Lipinski definition) is 3. The van der Waals surface area contributed by atoms with Crippen molar-refractivity contribution in [1.29, 1.82) is 0 Å². The fourth-order valence-electron chi connectivity index (χ4n) is 4.95. The SMILES string of the molecule is C[C@@H](NC(=O)[C@H](CCC=O)NC(=O)c1ccc(CNC(=O)OC(C)(C)C)c2ccccc12)c1cccc2ccccc12. The molecule has 0 spiro atoms. The number of benzene rings is 4. The van der Waals surface area contributed by atoms with Crippen LogP contribution in [0.2, 0.25) is 0 Å². The fraction of sp³-hybridized carbons (Fsp3) is 0.294. The molecule has 0 radical (unpaired) electrons. The highest BCUT2D eigenvalue weighted by atomic mass is 16.6. The van der Waals surface area contributed by atoms with E-state index in [0.29, 0.717) is 10.9 Å². The van der Waals surface area contributed by atoms with E-state index in [2.05, 4.69) is 16.0 Å². The van der Waals surface area contributed by atoms with Gasteiger partial charge in [0.25, 0.3) is 5.91 Å². The first-order chi connectivity index (χ1) is 20.1. The van der Waals surface area contributed by atoms with Crippen molar-refractivity contribution >= 4 is 45.7 Å². The van der Waals surface area contributed by atoms with Gasteiger partial charge in [-0.15, -0.1) is 0 Å². The second-order valence-corrected chi connectivity index (χ2v) is 11.2. The molecule has 0 saturated heterocycles. The van der Waals surface area contributed by atoms with Crippen LogP contribution < -0.4 is 16.0 Å². The summed E-state index contributed by atoms with van der Waals surface area (Å²) >= 11 is 0. The van der Waals surface area contributed by atoms with E-state index in [1.54, 1.807) is 32.9 Å². The second-order valence-electron chi connectivity index (χ2n) is 11.2. The highest BCUT2D eigenvalue weighted by Gasteiger charge is 2.25. The molecule has 2 atom stereocenters. The Morgan fingerprint density at radius 2 is 1.50 bits per heavy atom. The van der Waals surface area contributed by atoms with Gasteiger partial charge in [0.2, 0.25) is 5.91 Å². The molecular weight excluding hydrogens is 530 g/mol. The summed E-state index contributed by atoms with van der Waals surface area (Å²) in [4.78, 5) is 50.3. The average molecular weight is 568 g/mol. The Morgan fingerprint density at radius 1 is 0.833 bits per heavy atom. The Labute approximate surface area is 245 Å². The van der Waals surface area contributed by atoms with Gasteiger partial charge < -0.3 is 25.5 Å². The van der Waals surface area contributed by atoms with Gasteiger partial charge in [0, 0.05) is 18.5 Å². The second kappa shape index (κ2) is 13.3. The van der Waals surface area contributed by atoms with Crippen LogP contribution in [-0.4, -0.2) is 35.8 Å². The summed E-state index contributed by atoms with van der Waals surface area (Å²) in [6.07, 6.45) is 0.494. The van der Waals surface area contributed by atoms with Crippen molar-refractivity contribution < 1.29 is 23.9 Å². The van der Waals surface area contributed by atoms with Crippen LogP contribution in [0, 0.1) is 0 Å². The van der Waals surface area contributed by atoms with E-state index in [0.717, 1.165) is 33.6 Å². The van der Waals surface area contributed by atoms with Gasteiger partial charge in [-0.05, 0) is 72.9 Å². The van der Waals surface area contributed by atoms with Crippen LogP contribution in [-0.2, 0) is 20.9 Å². The molecule has 8 heteroatoms. The van der Waals surface area contributed by atoms with Crippen molar-refractivity contribution in [2.75, 3.05) is 0 Å². The topological polar surface area (TPSA) is 114 Å². The predicted molar refractivity (Wildman–Crippen MR) is 164 cm³/mol. The number of carbonyl (C=O) groups excluding carboxylic acids is 4. The molecule has 218 valence electrons. The Hall–Kier alpha value is -4.72. The predicted octanol–water partition coefficient (Wildman–Crippen LogP) is 5.97. The molecule has 42 heavy (non-hydrogen) atoms. The maximum Gasteiger partial charge on any atom is 0.407 e. The van der Waals surface area contributed by atoms with Crippen LogP contribution in [0.1, 0.15) is 68.1 Å². The molecule has 0 bridgehead atoms. The molecule has 0 saturated carbocycles.